The largest absolute Gasteiger partial charge is 0.493 e. The Hall–Kier alpha value is -1.62. The van der Waals surface area contributed by atoms with Gasteiger partial charge in [0.25, 0.3) is 0 Å². The van der Waals surface area contributed by atoms with E-state index >= 15 is 0 Å². The summed E-state index contributed by atoms with van der Waals surface area (Å²) in [5, 5.41) is 0.724. The average molecular weight is 295 g/mol. The number of rotatable bonds is 4. The first-order valence-electron chi connectivity index (χ1n) is 5.01. The zero-order valence-electron chi connectivity index (χ0n) is 9.26. The van der Waals surface area contributed by atoms with E-state index in [4.69, 9.17) is 9.47 Å². The molecule has 0 N–H and O–H groups in total. The molecule has 0 unspecified atom stereocenters. The number of benzene rings is 1. The van der Waals surface area contributed by atoms with Crippen LogP contribution in [0.3, 0.4) is 0 Å². The van der Waals surface area contributed by atoms with Crippen molar-refractivity contribution in [2.75, 3.05) is 7.11 Å². The lowest BCUT2D eigenvalue weighted by molar-refractivity contribution is 0.368. The van der Waals surface area contributed by atoms with Crippen LogP contribution < -0.4 is 9.47 Å². The first-order valence-corrected chi connectivity index (χ1v) is 6.13. The molecule has 1 aromatic carbocycles. The maximum Gasteiger partial charge on any atom is 0.322 e. The Labute approximate surface area is 108 Å². The Morgan fingerprint density at radius 2 is 1.76 bits per heavy atom. The van der Waals surface area contributed by atoms with Crippen LogP contribution in [0, 0.1) is 0 Å². The van der Waals surface area contributed by atoms with Crippen LogP contribution in [-0.4, -0.2) is 17.1 Å². The molecule has 0 fully saturated rings. The first-order chi connectivity index (χ1) is 8.33. The van der Waals surface area contributed by atoms with Gasteiger partial charge in [-0.3, -0.25) is 0 Å². The maximum absolute atomic E-state index is 5.54. The molecule has 2 aromatic rings. The normalized spacial score (nSPS) is 10.0. The Kier molecular flexibility index (Phi) is 3.93. The van der Waals surface area contributed by atoms with Crippen LogP contribution in [0.5, 0.6) is 17.5 Å². The van der Waals surface area contributed by atoms with Crippen molar-refractivity contribution >= 4 is 15.9 Å². The monoisotopic (exact) mass is 294 g/mol. The number of methoxy groups -OCH3 is 1. The van der Waals surface area contributed by atoms with Gasteiger partial charge in [-0.2, -0.15) is 0 Å². The zero-order valence-corrected chi connectivity index (χ0v) is 10.8. The van der Waals surface area contributed by atoms with Gasteiger partial charge in [-0.25, -0.2) is 9.97 Å². The summed E-state index contributed by atoms with van der Waals surface area (Å²) in [5.74, 6) is 1.25. The van der Waals surface area contributed by atoms with Crippen molar-refractivity contribution in [1.29, 1.82) is 0 Å². The number of aromatic nitrogens is 2. The molecular weight excluding hydrogens is 284 g/mol. The highest BCUT2D eigenvalue weighted by atomic mass is 79.9. The maximum atomic E-state index is 5.54. The Balaban J connectivity index is 2.19. The third kappa shape index (κ3) is 2.94. The van der Waals surface area contributed by atoms with Gasteiger partial charge < -0.3 is 9.47 Å². The van der Waals surface area contributed by atoms with Gasteiger partial charge in [-0.05, 0) is 17.7 Å². The highest BCUT2D eigenvalue weighted by Crippen LogP contribution is 2.28. The highest BCUT2D eigenvalue weighted by molar-refractivity contribution is 9.08. The number of alkyl halides is 1. The molecule has 0 atom stereocenters. The van der Waals surface area contributed by atoms with Gasteiger partial charge in [0.1, 0.15) is 0 Å². The number of halogens is 1. The van der Waals surface area contributed by atoms with Crippen LogP contribution in [0.25, 0.3) is 0 Å². The van der Waals surface area contributed by atoms with Gasteiger partial charge in [0, 0.05) is 17.7 Å². The SMILES string of the molecule is COc1ccccc1Oc1ncc(CBr)cn1. The number of ether oxygens (including phenoxy) is 2. The van der Waals surface area contributed by atoms with Gasteiger partial charge in [0.15, 0.2) is 11.5 Å². The molecule has 0 aliphatic rings. The van der Waals surface area contributed by atoms with Crippen molar-refractivity contribution in [2.45, 2.75) is 5.33 Å². The second kappa shape index (κ2) is 5.63. The number of para-hydroxylation sites is 2. The predicted octanol–water partition coefficient (Wildman–Crippen LogP) is 3.17. The molecule has 1 heterocycles. The fraction of sp³-hybridized carbons (Fsp3) is 0.167. The van der Waals surface area contributed by atoms with Crippen molar-refractivity contribution in [3.8, 4) is 17.5 Å². The van der Waals surface area contributed by atoms with E-state index in [1.807, 2.05) is 18.2 Å². The third-order valence-electron chi connectivity index (χ3n) is 2.11. The number of nitrogens with zero attached hydrogens (tertiary/aromatic N) is 2. The second-order valence-corrected chi connectivity index (χ2v) is 3.82. The van der Waals surface area contributed by atoms with Crippen molar-refractivity contribution in [3.63, 3.8) is 0 Å². The predicted molar refractivity (Wildman–Crippen MR) is 67.7 cm³/mol. The van der Waals surface area contributed by atoms with Crippen molar-refractivity contribution in [3.05, 3.63) is 42.2 Å². The minimum atomic E-state index is 0.305. The van der Waals surface area contributed by atoms with Crippen molar-refractivity contribution in [1.82, 2.24) is 9.97 Å². The molecule has 17 heavy (non-hydrogen) atoms. The lowest BCUT2D eigenvalue weighted by Crippen LogP contribution is -1.94. The van der Waals surface area contributed by atoms with Gasteiger partial charge in [-0.15, -0.1) is 0 Å². The molecule has 0 radical (unpaired) electrons. The Morgan fingerprint density at radius 1 is 1.12 bits per heavy atom. The molecule has 0 amide bonds. The minimum Gasteiger partial charge on any atom is -0.493 e. The summed E-state index contributed by atoms with van der Waals surface area (Å²) >= 11 is 3.33. The molecule has 88 valence electrons. The molecule has 0 saturated carbocycles. The molecule has 5 heteroatoms. The van der Waals surface area contributed by atoms with Crippen LogP contribution in [-0.2, 0) is 5.33 Å². The van der Waals surface area contributed by atoms with E-state index in [2.05, 4.69) is 25.9 Å². The van der Waals surface area contributed by atoms with Crippen LogP contribution in [0.1, 0.15) is 5.56 Å². The van der Waals surface area contributed by atoms with Crippen molar-refractivity contribution in [2.24, 2.45) is 0 Å². The molecule has 2 rings (SSSR count). The van der Waals surface area contributed by atoms with Crippen LogP contribution in [0.15, 0.2) is 36.7 Å². The Morgan fingerprint density at radius 3 is 2.35 bits per heavy atom. The molecular formula is C12H11BrN2O2. The lowest BCUT2D eigenvalue weighted by Gasteiger charge is -2.08. The molecule has 4 nitrogen and oxygen atoms in total. The van der Waals surface area contributed by atoms with Gasteiger partial charge in [-0.1, -0.05) is 28.1 Å². The van der Waals surface area contributed by atoms with E-state index in [0.717, 1.165) is 10.9 Å². The molecule has 0 aliphatic carbocycles. The van der Waals surface area contributed by atoms with E-state index < -0.39 is 0 Å². The van der Waals surface area contributed by atoms with E-state index in [-0.39, 0.29) is 0 Å². The fourth-order valence-corrected chi connectivity index (χ4v) is 1.56. The van der Waals surface area contributed by atoms with E-state index in [1.54, 1.807) is 25.6 Å². The lowest BCUT2D eigenvalue weighted by atomic mass is 10.3. The summed E-state index contributed by atoms with van der Waals surface area (Å²) in [6, 6.07) is 7.67. The molecule has 0 bridgehead atoms. The quantitative estimate of drug-likeness (QED) is 0.813. The first kappa shape index (κ1) is 11.9. The van der Waals surface area contributed by atoms with Gasteiger partial charge >= 0.3 is 6.01 Å². The fourth-order valence-electron chi connectivity index (χ4n) is 1.27. The van der Waals surface area contributed by atoms with E-state index in [0.29, 0.717) is 17.5 Å². The number of hydrogen-bond donors (Lipinski definition) is 0. The van der Waals surface area contributed by atoms with Gasteiger partial charge in [0.2, 0.25) is 0 Å². The van der Waals surface area contributed by atoms with Crippen molar-refractivity contribution < 1.29 is 9.47 Å². The summed E-state index contributed by atoms with van der Waals surface area (Å²) in [6.07, 6.45) is 3.43. The number of hydrogen-bond acceptors (Lipinski definition) is 4. The molecule has 0 saturated heterocycles. The van der Waals surface area contributed by atoms with Crippen LogP contribution in [0.2, 0.25) is 0 Å². The standard InChI is InChI=1S/C12H11BrN2O2/c1-16-10-4-2-3-5-11(10)17-12-14-7-9(6-13)8-15-12/h2-5,7-8H,6H2,1H3. The van der Waals surface area contributed by atoms with Gasteiger partial charge in [0.05, 0.1) is 7.11 Å². The summed E-state index contributed by atoms with van der Waals surface area (Å²) in [7, 11) is 1.59. The molecule has 0 aliphatic heterocycles. The van der Waals surface area contributed by atoms with E-state index in [1.165, 1.54) is 0 Å². The highest BCUT2D eigenvalue weighted by Gasteiger charge is 2.05. The average Bonchev–Trinajstić information content (AvgIpc) is 2.40. The Bertz CT molecular complexity index is 488. The molecule has 0 spiro atoms. The summed E-state index contributed by atoms with van der Waals surface area (Å²) in [6.45, 7) is 0. The topological polar surface area (TPSA) is 44.2 Å². The summed E-state index contributed by atoms with van der Waals surface area (Å²) in [4.78, 5) is 8.20. The zero-order chi connectivity index (χ0) is 12.1. The second-order valence-electron chi connectivity index (χ2n) is 3.26. The third-order valence-corrected chi connectivity index (χ3v) is 2.75. The van der Waals surface area contributed by atoms with Crippen LogP contribution >= 0.6 is 15.9 Å². The summed E-state index contributed by atoms with van der Waals surface area (Å²) < 4.78 is 10.7. The molecule has 1 aromatic heterocycles. The smallest absolute Gasteiger partial charge is 0.322 e. The van der Waals surface area contributed by atoms with Crippen LogP contribution in [0.4, 0.5) is 0 Å². The minimum absolute atomic E-state index is 0.305. The summed E-state index contributed by atoms with van der Waals surface area (Å²) in [5.41, 5.74) is 0.998. The van der Waals surface area contributed by atoms with E-state index in [9.17, 15) is 0 Å².